The van der Waals surface area contributed by atoms with Crippen LogP contribution < -0.4 is 5.32 Å². The lowest BCUT2D eigenvalue weighted by Crippen LogP contribution is -2.03. The largest absolute Gasteiger partial charge is 0.328 e. The van der Waals surface area contributed by atoms with Crippen molar-refractivity contribution in [3.05, 3.63) is 89.7 Å². The third-order valence-corrected chi connectivity index (χ3v) is 4.68. The monoisotopic (exact) mass is 351 g/mol. The van der Waals surface area contributed by atoms with Crippen LogP contribution >= 0.6 is 11.8 Å². The molecule has 25 heavy (non-hydrogen) atoms. The number of carbonyl (C=O) groups is 2. The molecule has 0 saturated carbocycles. The summed E-state index contributed by atoms with van der Waals surface area (Å²) in [5.74, 6) is -0.481. The van der Waals surface area contributed by atoms with E-state index in [0.29, 0.717) is 33.0 Å². The summed E-state index contributed by atoms with van der Waals surface area (Å²) in [6.07, 6.45) is 0.539. The molecule has 3 aromatic rings. The van der Waals surface area contributed by atoms with Crippen molar-refractivity contribution in [3.8, 4) is 0 Å². The Morgan fingerprint density at radius 2 is 1.60 bits per heavy atom. The predicted octanol–water partition coefficient (Wildman–Crippen LogP) is 4.78. The first-order valence-corrected chi connectivity index (χ1v) is 8.37. The number of amides is 1. The second kappa shape index (κ2) is 7.77. The van der Waals surface area contributed by atoms with Crippen molar-refractivity contribution in [3.63, 3.8) is 0 Å². The Morgan fingerprint density at radius 1 is 0.880 bits per heavy atom. The van der Waals surface area contributed by atoms with Crippen LogP contribution in [0.4, 0.5) is 10.1 Å². The van der Waals surface area contributed by atoms with E-state index in [0.717, 1.165) is 0 Å². The zero-order valence-electron chi connectivity index (χ0n) is 13.1. The standard InChI is InChI=1S/C20H14FNO2S/c21-16-8-4-5-9-18(16)25-19-11-10-15(12-17(19)22-13-23)20(24)14-6-2-1-3-7-14/h1-13H,(H,22,23). The molecule has 3 aromatic carbocycles. The first kappa shape index (κ1) is 16.9. The van der Waals surface area contributed by atoms with E-state index in [1.807, 2.05) is 6.07 Å². The van der Waals surface area contributed by atoms with E-state index in [1.165, 1.54) is 17.8 Å². The second-order valence-corrected chi connectivity index (χ2v) is 6.28. The van der Waals surface area contributed by atoms with Gasteiger partial charge in [0.05, 0.1) is 5.69 Å². The summed E-state index contributed by atoms with van der Waals surface area (Å²) < 4.78 is 13.9. The lowest BCUT2D eigenvalue weighted by molar-refractivity contribution is -0.105. The molecule has 0 atom stereocenters. The molecular weight excluding hydrogens is 337 g/mol. The normalized spacial score (nSPS) is 10.3. The molecule has 124 valence electrons. The van der Waals surface area contributed by atoms with Gasteiger partial charge in [0.15, 0.2) is 5.78 Å². The molecule has 0 heterocycles. The highest BCUT2D eigenvalue weighted by molar-refractivity contribution is 7.99. The lowest BCUT2D eigenvalue weighted by Gasteiger charge is -2.11. The van der Waals surface area contributed by atoms with Crippen LogP contribution in [0, 0.1) is 5.82 Å². The number of carbonyl (C=O) groups excluding carboxylic acids is 2. The fraction of sp³-hybridized carbons (Fsp3) is 0. The van der Waals surface area contributed by atoms with Gasteiger partial charge < -0.3 is 5.32 Å². The van der Waals surface area contributed by atoms with E-state index in [9.17, 15) is 14.0 Å². The molecule has 0 radical (unpaired) electrons. The van der Waals surface area contributed by atoms with Crippen molar-refractivity contribution < 1.29 is 14.0 Å². The fourth-order valence-electron chi connectivity index (χ4n) is 2.34. The van der Waals surface area contributed by atoms with Gasteiger partial charge in [-0.2, -0.15) is 0 Å². The summed E-state index contributed by atoms with van der Waals surface area (Å²) in [4.78, 5) is 24.6. The van der Waals surface area contributed by atoms with Gasteiger partial charge in [-0.25, -0.2) is 4.39 Å². The minimum absolute atomic E-state index is 0.142. The maximum absolute atomic E-state index is 13.9. The summed E-state index contributed by atoms with van der Waals surface area (Å²) in [7, 11) is 0. The van der Waals surface area contributed by atoms with Crippen LogP contribution in [0.3, 0.4) is 0 Å². The lowest BCUT2D eigenvalue weighted by atomic mass is 10.0. The van der Waals surface area contributed by atoms with Crippen LogP contribution in [0.2, 0.25) is 0 Å². The molecule has 0 fully saturated rings. The third kappa shape index (κ3) is 3.95. The molecule has 0 bridgehead atoms. The zero-order chi connectivity index (χ0) is 17.6. The quantitative estimate of drug-likeness (QED) is 0.514. The number of hydrogen-bond donors (Lipinski definition) is 1. The first-order valence-electron chi connectivity index (χ1n) is 7.55. The van der Waals surface area contributed by atoms with Crippen LogP contribution in [0.1, 0.15) is 15.9 Å². The van der Waals surface area contributed by atoms with Crippen molar-refractivity contribution in [1.82, 2.24) is 0 Å². The minimum Gasteiger partial charge on any atom is -0.328 e. The van der Waals surface area contributed by atoms with Crippen LogP contribution in [-0.4, -0.2) is 12.2 Å². The van der Waals surface area contributed by atoms with Gasteiger partial charge in [0.25, 0.3) is 0 Å². The number of nitrogens with one attached hydrogen (secondary N) is 1. The summed E-state index contributed by atoms with van der Waals surface area (Å²) >= 11 is 1.19. The highest BCUT2D eigenvalue weighted by Gasteiger charge is 2.13. The summed E-state index contributed by atoms with van der Waals surface area (Å²) in [5.41, 5.74) is 1.48. The molecule has 0 spiro atoms. The molecule has 1 amide bonds. The number of rotatable bonds is 6. The molecule has 0 aliphatic rings. The first-order chi connectivity index (χ1) is 12.2. The van der Waals surface area contributed by atoms with E-state index in [-0.39, 0.29) is 11.6 Å². The van der Waals surface area contributed by atoms with Crippen molar-refractivity contribution in [2.75, 3.05) is 5.32 Å². The molecule has 0 aromatic heterocycles. The maximum atomic E-state index is 13.9. The highest BCUT2D eigenvalue weighted by atomic mass is 32.2. The Kier molecular flexibility index (Phi) is 5.26. The molecule has 0 saturated heterocycles. The number of anilines is 1. The van der Waals surface area contributed by atoms with Gasteiger partial charge in [-0.05, 0) is 30.3 Å². The Labute approximate surface area is 148 Å². The van der Waals surface area contributed by atoms with Gasteiger partial charge in [0.1, 0.15) is 5.82 Å². The van der Waals surface area contributed by atoms with E-state index in [1.54, 1.807) is 60.7 Å². The van der Waals surface area contributed by atoms with Crippen LogP contribution in [-0.2, 0) is 4.79 Å². The maximum Gasteiger partial charge on any atom is 0.211 e. The van der Waals surface area contributed by atoms with Gasteiger partial charge in [-0.1, -0.05) is 54.2 Å². The van der Waals surface area contributed by atoms with Gasteiger partial charge in [0.2, 0.25) is 6.41 Å². The Bertz CT molecular complexity index is 913. The summed E-state index contributed by atoms with van der Waals surface area (Å²) in [6, 6.07) is 20.3. The molecule has 0 aliphatic carbocycles. The topological polar surface area (TPSA) is 46.2 Å². The van der Waals surface area contributed by atoms with E-state index < -0.39 is 0 Å². The smallest absolute Gasteiger partial charge is 0.211 e. The van der Waals surface area contributed by atoms with Crippen molar-refractivity contribution in [1.29, 1.82) is 0 Å². The Morgan fingerprint density at radius 3 is 2.32 bits per heavy atom. The van der Waals surface area contributed by atoms with Crippen molar-refractivity contribution in [2.24, 2.45) is 0 Å². The van der Waals surface area contributed by atoms with Gasteiger partial charge in [0, 0.05) is 20.9 Å². The Balaban J connectivity index is 1.94. The van der Waals surface area contributed by atoms with Crippen LogP contribution in [0.5, 0.6) is 0 Å². The average molecular weight is 351 g/mol. The number of hydrogen-bond acceptors (Lipinski definition) is 3. The number of halogens is 1. The van der Waals surface area contributed by atoms with E-state index >= 15 is 0 Å². The summed E-state index contributed by atoms with van der Waals surface area (Å²) in [6.45, 7) is 0. The molecule has 0 aliphatic heterocycles. The van der Waals surface area contributed by atoms with Gasteiger partial charge in [-0.15, -0.1) is 0 Å². The van der Waals surface area contributed by atoms with E-state index in [2.05, 4.69) is 5.32 Å². The van der Waals surface area contributed by atoms with E-state index in [4.69, 9.17) is 0 Å². The third-order valence-electron chi connectivity index (χ3n) is 3.55. The molecule has 3 rings (SSSR count). The number of benzene rings is 3. The minimum atomic E-state index is -0.339. The molecule has 0 unspecified atom stereocenters. The second-order valence-electron chi connectivity index (χ2n) is 5.20. The van der Waals surface area contributed by atoms with Crippen LogP contribution in [0.15, 0.2) is 82.6 Å². The van der Waals surface area contributed by atoms with Gasteiger partial charge >= 0.3 is 0 Å². The zero-order valence-corrected chi connectivity index (χ0v) is 13.9. The molecule has 1 N–H and O–H groups in total. The molecule has 3 nitrogen and oxygen atoms in total. The summed E-state index contributed by atoms with van der Waals surface area (Å²) in [5, 5.41) is 2.59. The highest BCUT2D eigenvalue weighted by Crippen LogP contribution is 2.35. The van der Waals surface area contributed by atoms with Crippen molar-refractivity contribution in [2.45, 2.75) is 9.79 Å². The fourth-order valence-corrected chi connectivity index (χ4v) is 3.25. The number of ketones is 1. The van der Waals surface area contributed by atoms with Crippen molar-refractivity contribution >= 4 is 29.6 Å². The molecular formula is C20H14FNO2S. The molecule has 5 heteroatoms. The van der Waals surface area contributed by atoms with Gasteiger partial charge in [-0.3, -0.25) is 9.59 Å². The SMILES string of the molecule is O=CNc1cc(C(=O)c2ccccc2)ccc1Sc1ccccc1F. The average Bonchev–Trinajstić information content (AvgIpc) is 2.65. The van der Waals surface area contributed by atoms with Crippen LogP contribution in [0.25, 0.3) is 0 Å². The predicted molar refractivity (Wildman–Crippen MR) is 96.5 cm³/mol. The Hall–Kier alpha value is -2.92.